The summed E-state index contributed by atoms with van der Waals surface area (Å²) in [6, 6.07) is 0. The van der Waals surface area contributed by atoms with Crippen molar-refractivity contribution in [3.05, 3.63) is 10.6 Å². The Labute approximate surface area is 81.1 Å². The van der Waals surface area contributed by atoms with E-state index in [4.69, 9.17) is 9.47 Å². The Kier molecular flexibility index (Phi) is 2.05. The van der Waals surface area contributed by atoms with E-state index in [-0.39, 0.29) is 12.2 Å². The van der Waals surface area contributed by atoms with Crippen LogP contribution in [-0.2, 0) is 9.47 Å². The zero-order chi connectivity index (χ0) is 8.77. The highest BCUT2D eigenvalue weighted by molar-refractivity contribution is 9.11. The average Bonchev–Trinajstić information content (AvgIpc) is 2.25. The Hall–Kier alpha value is 0.140. The van der Waals surface area contributed by atoms with Crippen molar-refractivity contribution in [3.8, 4) is 0 Å². The Morgan fingerprint density at radius 1 is 1.50 bits per heavy atom. The van der Waals surface area contributed by atoms with E-state index in [1.807, 2.05) is 13.8 Å². The van der Waals surface area contributed by atoms with Crippen LogP contribution in [0.4, 0.5) is 0 Å². The molecule has 0 N–H and O–H groups in total. The predicted molar refractivity (Wildman–Crippen MR) is 50.1 cm³/mol. The number of hydrogen-bond acceptors (Lipinski definition) is 2. The van der Waals surface area contributed by atoms with Crippen LogP contribution in [0.3, 0.4) is 0 Å². The first-order valence-electron chi connectivity index (χ1n) is 4.30. The van der Waals surface area contributed by atoms with E-state index in [2.05, 4.69) is 22.0 Å². The second-order valence-electron chi connectivity index (χ2n) is 3.76. The van der Waals surface area contributed by atoms with Crippen LogP contribution >= 0.6 is 15.9 Å². The third kappa shape index (κ3) is 1.45. The van der Waals surface area contributed by atoms with Crippen molar-refractivity contribution in [1.82, 2.24) is 0 Å². The molecule has 2 nitrogen and oxygen atoms in total. The van der Waals surface area contributed by atoms with Crippen LogP contribution in [0.2, 0.25) is 0 Å². The van der Waals surface area contributed by atoms with Crippen LogP contribution in [0.1, 0.15) is 26.7 Å². The summed E-state index contributed by atoms with van der Waals surface area (Å²) in [6.07, 6.45) is 4.71. The number of rotatable bonds is 0. The van der Waals surface area contributed by atoms with Crippen LogP contribution in [-0.4, -0.2) is 18.0 Å². The molecule has 2 aliphatic rings. The van der Waals surface area contributed by atoms with E-state index in [9.17, 15) is 0 Å². The SMILES string of the molecule is CC1(C)OC2CCC=C(Br)C2O1. The molecular formula is C9H13BrO2. The van der Waals surface area contributed by atoms with Crippen LogP contribution in [0, 0.1) is 0 Å². The highest BCUT2D eigenvalue weighted by Crippen LogP contribution is 2.38. The molecule has 2 unspecified atom stereocenters. The van der Waals surface area contributed by atoms with Crippen LogP contribution in [0.15, 0.2) is 10.6 Å². The lowest BCUT2D eigenvalue weighted by atomic mass is 10.0. The van der Waals surface area contributed by atoms with E-state index >= 15 is 0 Å². The fourth-order valence-electron chi connectivity index (χ4n) is 1.78. The largest absolute Gasteiger partial charge is 0.344 e. The van der Waals surface area contributed by atoms with Gasteiger partial charge in [0.1, 0.15) is 6.10 Å². The lowest BCUT2D eigenvalue weighted by molar-refractivity contribution is -0.143. The maximum atomic E-state index is 5.73. The van der Waals surface area contributed by atoms with E-state index in [0.717, 1.165) is 17.3 Å². The third-order valence-electron chi connectivity index (χ3n) is 2.25. The molecule has 0 aromatic heterocycles. The summed E-state index contributed by atoms with van der Waals surface area (Å²) in [7, 11) is 0. The molecule has 0 amide bonds. The molecule has 0 aromatic carbocycles. The Balaban J connectivity index is 2.18. The number of allylic oxidation sites excluding steroid dienone is 1. The third-order valence-corrected chi connectivity index (χ3v) is 3.02. The second kappa shape index (κ2) is 2.82. The summed E-state index contributed by atoms with van der Waals surface area (Å²) in [5.74, 6) is -0.410. The van der Waals surface area contributed by atoms with Gasteiger partial charge in [0.05, 0.1) is 6.10 Å². The van der Waals surface area contributed by atoms with Crippen molar-refractivity contribution >= 4 is 15.9 Å². The molecule has 0 aromatic rings. The van der Waals surface area contributed by atoms with Crippen molar-refractivity contribution in [1.29, 1.82) is 0 Å². The highest BCUT2D eigenvalue weighted by atomic mass is 79.9. The van der Waals surface area contributed by atoms with Crippen molar-refractivity contribution in [2.45, 2.75) is 44.7 Å². The first-order valence-corrected chi connectivity index (χ1v) is 5.09. The molecule has 1 aliphatic heterocycles. The van der Waals surface area contributed by atoms with Gasteiger partial charge in [0.25, 0.3) is 0 Å². The van der Waals surface area contributed by atoms with Crippen LogP contribution in [0.25, 0.3) is 0 Å². The Bertz CT molecular complexity index is 223. The van der Waals surface area contributed by atoms with Crippen LogP contribution < -0.4 is 0 Å². The van der Waals surface area contributed by atoms with Gasteiger partial charge in [0.2, 0.25) is 0 Å². The summed E-state index contributed by atoms with van der Waals surface area (Å²) in [5.41, 5.74) is 0. The molecule has 1 heterocycles. The lowest BCUT2D eigenvalue weighted by Crippen LogP contribution is -2.25. The molecule has 3 heteroatoms. The van der Waals surface area contributed by atoms with E-state index < -0.39 is 5.79 Å². The second-order valence-corrected chi connectivity index (χ2v) is 4.68. The molecule has 2 rings (SSSR count). The molecular weight excluding hydrogens is 220 g/mol. The molecule has 0 bridgehead atoms. The van der Waals surface area contributed by atoms with Crippen molar-refractivity contribution in [2.75, 3.05) is 0 Å². The highest BCUT2D eigenvalue weighted by Gasteiger charge is 2.43. The Morgan fingerprint density at radius 3 is 2.92 bits per heavy atom. The lowest BCUT2D eigenvalue weighted by Gasteiger charge is -2.19. The van der Waals surface area contributed by atoms with Gasteiger partial charge in [-0.15, -0.1) is 0 Å². The maximum Gasteiger partial charge on any atom is 0.164 e. The van der Waals surface area contributed by atoms with Crippen molar-refractivity contribution in [3.63, 3.8) is 0 Å². The smallest absolute Gasteiger partial charge is 0.164 e. The first kappa shape index (κ1) is 8.73. The van der Waals surface area contributed by atoms with E-state index in [1.165, 1.54) is 0 Å². The zero-order valence-corrected chi connectivity index (χ0v) is 8.93. The van der Waals surface area contributed by atoms with E-state index in [0.29, 0.717) is 0 Å². The van der Waals surface area contributed by atoms with Gasteiger partial charge in [-0.25, -0.2) is 0 Å². The molecule has 0 radical (unpaired) electrons. The first-order chi connectivity index (χ1) is 5.58. The molecule has 1 fully saturated rings. The minimum atomic E-state index is -0.410. The van der Waals surface area contributed by atoms with Gasteiger partial charge in [0.15, 0.2) is 5.79 Å². The number of ether oxygens (including phenoxy) is 2. The van der Waals surface area contributed by atoms with Gasteiger partial charge in [-0.1, -0.05) is 22.0 Å². The quantitative estimate of drug-likeness (QED) is 0.640. The zero-order valence-electron chi connectivity index (χ0n) is 7.34. The number of fused-ring (bicyclic) bond motifs is 1. The van der Waals surface area contributed by atoms with Gasteiger partial charge in [-0.05, 0) is 26.7 Å². The summed E-state index contributed by atoms with van der Waals surface area (Å²) in [4.78, 5) is 0. The molecule has 0 saturated carbocycles. The molecule has 0 spiro atoms. The number of halogens is 1. The van der Waals surface area contributed by atoms with Crippen molar-refractivity contribution in [2.24, 2.45) is 0 Å². The fraction of sp³-hybridized carbons (Fsp3) is 0.778. The average molecular weight is 233 g/mol. The van der Waals surface area contributed by atoms with Crippen molar-refractivity contribution < 1.29 is 9.47 Å². The Morgan fingerprint density at radius 2 is 2.25 bits per heavy atom. The summed E-state index contributed by atoms with van der Waals surface area (Å²) < 4.78 is 12.6. The monoisotopic (exact) mass is 232 g/mol. The standard InChI is InChI=1S/C9H13BrO2/c1-9(2)11-7-5-3-4-6(10)8(7)12-9/h4,7-8H,3,5H2,1-2H3. The van der Waals surface area contributed by atoms with Gasteiger partial charge >= 0.3 is 0 Å². The fourth-order valence-corrected chi connectivity index (χ4v) is 2.40. The van der Waals surface area contributed by atoms with Gasteiger partial charge in [0, 0.05) is 4.48 Å². The van der Waals surface area contributed by atoms with Gasteiger partial charge < -0.3 is 9.47 Å². The molecule has 12 heavy (non-hydrogen) atoms. The predicted octanol–water partition coefficient (Wildman–Crippen LogP) is 2.58. The minimum absolute atomic E-state index is 0.133. The molecule has 1 saturated heterocycles. The summed E-state index contributed by atoms with van der Waals surface area (Å²) in [6.45, 7) is 3.93. The van der Waals surface area contributed by atoms with Gasteiger partial charge in [-0.3, -0.25) is 0 Å². The molecule has 1 aliphatic carbocycles. The molecule has 68 valence electrons. The minimum Gasteiger partial charge on any atom is -0.344 e. The van der Waals surface area contributed by atoms with E-state index in [1.54, 1.807) is 0 Å². The van der Waals surface area contributed by atoms with Gasteiger partial charge in [-0.2, -0.15) is 0 Å². The summed E-state index contributed by atoms with van der Waals surface area (Å²) in [5, 5.41) is 0. The molecule has 2 atom stereocenters. The summed E-state index contributed by atoms with van der Waals surface area (Å²) >= 11 is 3.50. The maximum absolute atomic E-state index is 5.73. The normalized spacial score (nSPS) is 39.1. The van der Waals surface area contributed by atoms with Crippen LogP contribution in [0.5, 0.6) is 0 Å². The topological polar surface area (TPSA) is 18.5 Å². The number of hydrogen-bond donors (Lipinski definition) is 0.